The van der Waals surface area contributed by atoms with E-state index in [-0.39, 0.29) is 29.0 Å². The molecule has 1 atom stereocenters. The van der Waals surface area contributed by atoms with Crippen molar-refractivity contribution in [3.8, 4) is 0 Å². The second-order valence-corrected chi connectivity index (χ2v) is 7.33. The van der Waals surface area contributed by atoms with Crippen LogP contribution in [0.1, 0.15) is 31.7 Å². The Morgan fingerprint density at radius 3 is 2.12 bits per heavy atom. The number of carboxylic acid groups (broad SMARTS) is 1. The molecule has 0 aliphatic carbocycles. The molecule has 0 aliphatic heterocycles. The molecule has 0 aromatic heterocycles. The zero-order valence-electron chi connectivity index (χ0n) is 14.1. The largest absolute Gasteiger partial charge is 0.480 e. The van der Waals surface area contributed by atoms with Gasteiger partial charge in [0, 0.05) is 6.92 Å². The standard InChI is InChI=1S/C13H20N2O4S.C2H3ClO.ClH/c1-10-5-7-11(8-6-10)20(18,19)15-12(13(16)17)4-2-3-9-14;1-2(3)4;/h5-8,12,15H,2-4,9,14H2,1H3,(H,16,17);1H3;1H. The van der Waals surface area contributed by atoms with Gasteiger partial charge in [0.2, 0.25) is 15.3 Å². The first-order valence-electron chi connectivity index (χ1n) is 7.28. The predicted octanol–water partition coefficient (Wildman–Crippen LogP) is 2.05. The Bertz CT molecular complexity index is 632. The molecule has 10 heteroatoms. The lowest BCUT2D eigenvalue weighted by atomic mass is 10.1. The lowest BCUT2D eigenvalue weighted by Gasteiger charge is -2.14. The normalized spacial score (nSPS) is 11.5. The topological polar surface area (TPSA) is 127 Å². The van der Waals surface area contributed by atoms with Crippen molar-refractivity contribution < 1.29 is 23.1 Å². The van der Waals surface area contributed by atoms with Crippen LogP contribution in [0.5, 0.6) is 0 Å². The first-order chi connectivity index (χ1) is 11.1. The minimum Gasteiger partial charge on any atom is -0.480 e. The van der Waals surface area contributed by atoms with Gasteiger partial charge < -0.3 is 10.8 Å². The molecule has 0 spiro atoms. The van der Waals surface area contributed by atoms with Gasteiger partial charge in [-0.1, -0.05) is 24.1 Å². The fraction of sp³-hybridized carbons (Fsp3) is 0.467. The summed E-state index contributed by atoms with van der Waals surface area (Å²) in [4.78, 5) is 20.4. The highest BCUT2D eigenvalue weighted by atomic mass is 35.5. The van der Waals surface area contributed by atoms with Gasteiger partial charge in [-0.3, -0.25) is 9.59 Å². The highest BCUT2D eigenvalue weighted by molar-refractivity contribution is 7.89. The summed E-state index contributed by atoms with van der Waals surface area (Å²) < 4.78 is 26.4. The number of nitrogens with two attached hydrogens (primary N) is 1. The summed E-state index contributed by atoms with van der Waals surface area (Å²) >= 11 is 4.64. The lowest BCUT2D eigenvalue weighted by Crippen LogP contribution is -2.40. The average Bonchev–Trinajstić information content (AvgIpc) is 2.46. The summed E-state index contributed by atoms with van der Waals surface area (Å²) in [5.41, 5.74) is 6.27. The summed E-state index contributed by atoms with van der Waals surface area (Å²) in [6, 6.07) is 5.11. The molecule has 0 radical (unpaired) electrons. The predicted molar refractivity (Wildman–Crippen MR) is 99.6 cm³/mol. The van der Waals surface area contributed by atoms with E-state index in [1.165, 1.54) is 19.1 Å². The maximum atomic E-state index is 12.1. The fourth-order valence-electron chi connectivity index (χ4n) is 1.70. The van der Waals surface area contributed by atoms with E-state index in [9.17, 15) is 18.0 Å². The van der Waals surface area contributed by atoms with Crippen LogP contribution in [0, 0.1) is 6.92 Å². The number of carboxylic acids is 1. The van der Waals surface area contributed by atoms with Crippen LogP contribution < -0.4 is 10.5 Å². The summed E-state index contributed by atoms with van der Waals surface area (Å²) in [5.74, 6) is -1.18. The molecule has 1 aromatic rings. The van der Waals surface area contributed by atoms with E-state index >= 15 is 0 Å². The molecule has 1 aromatic carbocycles. The molecule has 0 heterocycles. The summed E-state index contributed by atoms with van der Waals surface area (Å²) in [6.45, 7) is 3.59. The average molecular weight is 415 g/mol. The molecular weight excluding hydrogens is 391 g/mol. The van der Waals surface area contributed by atoms with Crippen LogP contribution in [0.15, 0.2) is 29.2 Å². The number of unbranched alkanes of at least 4 members (excludes halogenated alkanes) is 1. The Labute approximate surface area is 159 Å². The maximum Gasteiger partial charge on any atom is 0.321 e. The van der Waals surface area contributed by atoms with Crippen LogP contribution in [-0.2, 0) is 19.6 Å². The van der Waals surface area contributed by atoms with Gasteiger partial charge in [0.05, 0.1) is 4.90 Å². The fourth-order valence-corrected chi connectivity index (χ4v) is 2.92. The van der Waals surface area contributed by atoms with E-state index in [4.69, 9.17) is 10.8 Å². The molecule has 0 amide bonds. The molecule has 4 N–H and O–H groups in total. The van der Waals surface area contributed by atoms with Gasteiger partial charge in [-0.2, -0.15) is 4.72 Å². The zero-order chi connectivity index (χ0) is 18.8. The molecule has 25 heavy (non-hydrogen) atoms. The van der Waals surface area contributed by atoms with E-state index in [0.717, 1.165) is 5.56 Å². The molecule has 0 fully saturated rings. The molecule has 7 nitrogen and oxygen atoms in total. The van der Waals surface area contributed by atoms with Crippen molar-refractivity contribution in [1.29, 1.82) is 0 Å². The Kier molecular flexibility index (Phi) is 13.6. The first kappa shape index (κ1) is 26.0. The van der Waals surface area contributed by atoms with Gasteiger partial charge >= 0.3 is 5.97 Å². The van der Waals surface area contributed by atoms with Crippen molar-refractivity contribution in [3.63, 3.8) is 0 Å². The van der Waals surface area contributed by atoms with Crippen LogP contribution in [-0.4, -0.2) is 37.3 Å². The van der Waals surface area contributed by atoms with Gasteiger partial charge in [-0.15, -0.1) is 12.4 Å². The number of nitrogens with one attached hydrogen (secondary N) is 1. The number of carbonyl (C=O) groups is 2. The first-order valence-corrected chi connectivity index (χ1v) is 9.14. The molecule has 0 saturated carbocycles. The van der Waals surface area contributed by atoms with Crippen molar-refractivity contribution in [2.75, 3.05) is 6.54 Å². The Morgan fingerprint density at radius 1 is 1.24 bits per heavy atom. The molecule has 1 unspecified atom stereocenters. The summed E-state index contributed by atoms with van der Waals surface area (Å²) in [5, 5.41) is 8.71. The minimum absolute atomic E-state index is 0. The number of rotatable bonds is 8. The quantitative estimate of drug-likeness (QED) is 0.441. The van der Waals surface area contributed by atoms with Crippen LogP contribution in [0.2, 0.25) is 0 Å². The van der Waals surface area contributed by atoms with Crippen LogP contribution in [0.25, 0.3) is 0 Å². The molecule has 1 rings (SSSR count). The van der Waals surface area contributed by atoms with Gasteiger partial charge in [0.1, 0.15) is 6.04 Å². The van der Waals surface area contributed by atoms with Crippen molar-refractivity contribution in [3.05, 3.63) is 29.8 Å². The monoisotopic (exact) mass is 414 g/mol. The van der Waals surface area contributed by atoms with E-state index in [0.29, 0.717) is 19.4 Å². The Balaban J connectivity index is 0. The number of halogens is 2. The number of hydrogen-bond acceptors (Lipinski definition) is 5. The summed E-state index contributed by atoms with van der Waals surface area (Å²) in [6.07, 6.45) is 1.44. The molecule has 144 valence electrons. The number of sulfonamides is 1. The highest BCUT2D eigenvalue weighted by Gasteiger charge is 2.24. The molecule has 0 saturated heterocycles. The zero-order valence-corrected chi connectivity index (χ0v) is 16.5. The SMILES string of the molecule is CC(=O)Cl.Cc1ccc(S(=O)(=O)NC(CCCCN)C(=O)O)cc1.Cl. The van der Waals surface area contributed by atoms with Crippen molar-refractivity contribution >= 4 is 45.2 Å². The number of aryl methyl sites for hydroxylation is 1. The second kappa shape index (κ2) is 13.1. The van der Waals surface area contributed by atoms with Gasteiger partial charge in [-0.05, 0) is 50.0 Å². The molecular formula is C15H24Cl2N2O5S. The second-order valence-electron chi connectivity index (χ2n) is 5.08. The molecule has 0 bridgehead atoms. The van der Waals surface area contributed by atoms with Crippen LogP contribution >= 0.6 is 24.0 Å². The number of hydrogen-bond donors (Lipinski definition) is 3. The van der Waals surface area contributed by atoms with Crippen molar-refractivity contribution in [2.24, 2.45) is 5.73 Å². The van der Waals surface area contributed by atoms with E-state index in [2.05, 4.69) is 16.3 Å². The summed E-state index contributed by atoms with van der Waals surface area (Å²) in [7, 11) is -3.82. The van der Waals surface area contributed by atoms with Crippen molar-refractivity contribution in [1.82, 2.24) is 4.72 Å². The minimum atomic E-state index is -3.82. The smallest absolute Gasteiger partial charge is 0.321 e. The van der Waals surface area contributed by atoms with E-state index in [1.807, 2.05) is 6.92 Å². The van der Waals surface area contributed by atoms with Gasteiger partial charge in [0.25, 0.3) is 0 Å². The van der Waals surface area contributed by atoms with Crippen molar-refractivity contribution in [2.45, 2.75) is 44.0 Å². The maximum absolute atomic E-state index is 12.1. The van der Waals surface area contributed by atoms with Gasteiger partial charge in [0.15, 0.2) is 0 Å². The highest BCUT2D eigenvalue weighted by Crippen LogP contribution is 2.12. The van der Waals surface area contributed by atoms with Gasteiger partial charge in [-0.25, -0.2) is 8.42 Å². The third-order valence-electron chi connectivity index (χ3n) is 2.87. The van der Waals surface area contributed by atoms with E-state index in [1.54, 1.807) is 12.1 Å². The Hall–Kier alpha value is -1.19. The Morgan fingerprint density at radius 2 is 1.72 bits per heavy atom. The third kappa shape index (κ3) is 11.9. The lowest BCUT2D eigenvalue weighted by molar-refractivity contribution is -0.139. The number of carbonyl (C=O) groups excluding carboxylic acids is 1. The van der Waals surface area contributed by atoms with Crippen LogP contribution in [0.3, 0.4) is 0 Å². The number of benzene rings is 1. The number of aliphatic carboxylic acids is 1. The van der Waals surface area contributed by atoms with Crippen LogP contribution in [0.4, 0.5) is 0 Å². The third-order valence-corrected chi connectivity index (χ3v) is 4.36. The van der Waals surface area contributed by atoms with E-state index < -0.39 is 22.0 Å². The molecule has 0 aliphatic rings.